The van der Waals surface area contributed by atoms with Gasteiger partial charge in [0.2, 0.25) is 0 Å². The summed E-state index contributed by atoms with van der Waals surface area (Å²) in [5.41, 5.74) is 3.55. The van der Waals surface area contributed by atoms with Crippen LogP contribution in [0.4, 0.5) is 0 Å². The van der Waals surface area contributed by atoms with Crippen molar-refractivity contribution in [1.29, 1.82) is 0 Å². The van der Waals surface area contributed by atoms with Gasteiger partial charge in [-0.25, -0.2) is 9.67 Å². The lowest BCUT2D eigenvalue weighted by atomic mass is 10.2. The van der Waals surface area contributed by atoms with Crippen molar-refractivity contribution in [1.82, 2.24) is 29.9 Å². The molecule has 0 bridgehead atoms. The fraction of sp³-hybridized carbons (Fsp3) is 0.667. The fourth-order valence-corrected chi connectivity index (χ4v) is 2.40. The van der Waals surface area contributed by atoms with Crippen LogP contribution < -0.4 is 5.32 Å². The van der Waals surface area contributed by atoms with E-state index in [2.05, 4.69) is 62.0 Å². The summed E-state index contributed by atoms with van der Waals surface area (Å²) in [5.74, 6) is 0.943. The molecule has 0 spiro atoms. The Morgan fingerprint density at radius 3 is 2.52 bits per heavy atom. The van der Waals surface area contributed by atoms with Gasteiger partial charge in [-0.15, -0.1) is 0 Å². The molecule has 2 heterocycles. The lowest BCUT2D eigenvalue weighted by molar-refractivity contribution is 0.485. The molecule has 0 atom stereocenters. The van der Waals surface area contributed by atoms with E-state index in [1.165, 1.54) is 11.3 Å². The quantitative estimate of drug-likeness (QED) is 0.886. The van der Waals surface area contributed by atoms with Crippen LogP contribution >= 0.6 is 0 Å². The lowest BCUT2D eigenvalue weighted by Crippen LogP contribution is -2.22. The SMILES string of the molecule is Cc1nn(Cc2ncnn2C(C)C)c(C)c1CNC(C)C. The highest BCUT2D eigenvalue weighted by atomic mass is 15.4. The highest BCUT2D eigenvalue weighted by Gasteiger charge is 2.15. The second kappa shape index (κ2) is 6.39. The molecule has 0 radical (unpaired) electrons. The maximum atomic E-state index is 4.66. The molecular formula is C15H26N6. The van der Waals surface area contributed by atoms with Gasteiger partial charge in [0.05, 0.1) is 5.69 Å². The summed E-state index contributed by atoms with van der Waals surface area (Å²) in [6, 6.07) is 0.776. The number of aryl methyl sites for hydroxylation is 1. The second-order valence-electron chi connectivity index (χ2n) is 6.06. The molecule has 2 rings (SSSR count). The second-order valence-corrected chi connectivity index (χ2v) is 6.06. The molecule has 0 amide bonds. The third kappa shape index (κ3) is 3.50. The molecule has 0 aliphatic rings. The first-order valence-electron chi connectivity index (χ1n) is 7.54. The summed E-state index contributed by atoms with van der Waals surface area (Å²) in [6.07, 6.45) is 1.61. The normalized spacial score (nSPS) is 11.8. The van der Waals surface area contributed by atoms with E-state index < -0.39 is 0 Å². The number of aromatic nitrogens is 5. The molecule has 0 aromatic carbocycles. The van der Waals surface area contributed by atoms with Crippen molar-refractivity contribution in [2.45, 2.75) is 66.7 Å². The molecule has 6 nitrogen and oxygen atoms in total. The first-order valence-corrected chi connectivity index (χ1v) is 7.54. The van der Waals surface area contributed by atoms with Gasteiger partial charge in [0, 0.05) is 29.9 Å². The van der Waals surface area contributed by atoms with Crippen LogP contribution in [0.3, 0.4) is 0 Å². The fourth-order valence-electron chi connectivity index (χ4n) is 2.40. The Kier molecular flexibility index (Phi) is 4.77. The molecule has 21 heavy (non-hydrogen) atoms. The first-order chi connectivity index (χ1) is 9.90. The molecule has 2 aromatic rings. The van der Waals surface area contributed by atoms with Gasteiger partial charge in [-0.3, -0.25) is 4.68 Å². The number of nitrogens with one attached hydrogen (secondary N) is 1. The average Bonchev–Trinajstić information content (AvgIpc) is 2.94. The number of hydrogen-bond acceptors (Lipinski definition) is 4. The van der Waals surface area contributed by atoms with Gasteiger partial charge >= 0.3 is 0 Å². The highest BCUT2D eigenvalue weighted by molar-refractivity contribution is 5.24. The van der Waals surface area contributed by atoms with Crippen LogP contribution in [0.1, 0.15) is 56.5 Å². The Hall–Kier alpha value is -1.69. The van der Waals surface area contributed by atoms with Gasteiger partial charge < -0.3 is 5.32 Å². The summed E-state index contributed by atoms with van der Waals surface area (Å²) in [4.78, 5) is 4.36. The van der Waals surface area contributed by atoms with E-state index in [0.29, 0.717) is 18.6 Å². The third-order valence-electron chi connectivity index (χ3n) is 3.65. The summed E-state index contributed by atoms with van der Waals surface area (Å²) in [6.45, 7) is 14.2. The zero-order valence-corrected chi connectivity index (χ0v) is 13.9. The highest BCUT2D eigenvalue weighted by Crippen LogP contribution is 2.15. The van der Waals surface area contributed by atoms with Crippen molar-refractivity contribution in [3.63, 3.8) is 0 Å². The van der Waals surface area contributed by atoms with Crippen LogP contribution in [-0.2, 0) is 13.1 Å². The summed E-state index contributed by atoms with van der Waals surface area (Å²) >= 11 is 0. The summed E-state index contributed by atoms with van der Waals surface area (Å²) in [7, 11) is 0. The molecule has 116 valence electrons. The van der Waals surface area contributed by atoms with E-state index >= 15 is 0 Å². The van der Waals surface area contributed by atoms with Crippen LogP contribution in [0, 0.1) is 13.8 Å². The lowest BCUT2D eigenvalue weighted by Gasteiger charge is -2.11. The van der Waals surface area contributed by atoms with E-state index in [1.807, 2.05) is 9.36 Å². The van der Waals surface area contributed by atoms with Crippen molar-refractivity contribution in [2.24, 2.45) is 0 Å². The molecule has 0 fully saturated rings. The molecule has 0 unspecified atom stereocenters. The molecule has 0 saturated carbocycles. The minimum atomic E-state index is 0.307. The Morgan fingerprint density at radius 1 is 1.19 bits per heavy atom. The van der Waals surface area contributed by atoms with Crippen LogP contribution in [-0.4, -0.2) is 30.6 Å². The van der Waals surface area contributed by atoms with Crippen molar-refractivity contribution >= 4 is 0 Å². The summed E-state index contributed by atoms with van der Waals surface area (Å²) in [5, 5.41) is 12.4. The molecule has 0 aliphatic carbocycles. The Morgan fingerprint density at radius 2 is 1.90 bits per heavy atom. The monoisotopic (exact) mass is 290 g/mol. The van der Waals surface area contributed by atoms with Gasteiger partial charge in [-0.2, -0.15) is 10.2 Å². The van der Waals surface area contributed by atoms with Crippen molar-refractivity contribution in [3.8, 4) is 0 Å². The minimum absolute atomic E-state index is 0.307. The zero-order valence-electron chi connectivity index (χ0n) is 13.9. The molecule has 1 N–H and O–H groups in total. The predicted octanol–water partition coefficient (Wildman–Crippen LogP) is 2.22. The van der Waals surface area contributed by atoms with Crippen molar-refractivity contribution in [2.75, 3.05) is 0 Å². The zero-order chi connectivity index (χ0) is 15.6. The van der Waals surface area contributed by atoms with E-state index in [0.717, 1.165) is 18.1 Å². The van der Waals surface area contributed by atoms with Gasteiger partial charge in [0.1, 0.15) is 18.7 Å². The van der Waals surface area contributed by atoms with Gasteiger partial charge in [0.15, 0.2) is 0 Å². The molecular weight excluding hydrogens is 264 g/mol. The number of rotatable bonds is 6. The van der Waals surface area contributed by atoms with Crippen LogP contribution in [0.2, 0.25) is 0 Å². The topological polar surface area (TPSA) is 60.6 Å². The predicted molar refractivity (Wildman–Crippen MR) is 83.2 cm³/mol. The van der Waals surface area contributed by atoms with E-state index in [9.17, 15) is 0 Å². The smallest absolute Gasteiger partial charge is 0.148 e. The van der Waals surface area contributed by atoms with Gasteiger partial charge in [-0.05, 0) is 27.7 Å². The summed E-state index contributed by atoms with van der Waals surface area (Å²) < 4.78 is 3.97. The third-order valence-corrected chi connectivity index (χ3v) is 3.65. The molecule has 2 aromatic heterocycles. The molecule has 0 aliphatic heterocycles. The first kappa shape index (κ1) is 15.7. The van der Waals surface area contributed by atoms with Gasteiger partial charge in [-0.1, -0.05) is 13.8 Å². The van der Waals surface area contributed by atoms with Crippen molar-refractivity contribution < 1.29 is 0 Å². The largest absolute Gasteiger partial charge is 0.310 e. The minimum Gasteiger partial charge on any atom is -0.310 e. The number of nitrogens with zero attached hydrogens (tertiary/aromatic N) is 5. The van der Waals surface area contributed by atoms with E-state index in [-0.39, 0.29) is 0 Å². The Labute approximate surface area is 126 Å². The maximum absolute atomic E-state index is 4.66. The van der Waals surface area contributed by atoms with Crippen LogP contribution in [0.15, 0.2) is 6.33 Å². The number of hydrogen-bond donors (Lipinski definition) is 1. The standard InChI is InChI=1S/C15H26N6/c1-10(2)16-7-14-12(5)19-20(13(14)6)8-15-17-9-18-21(15)11(3)4/h9-11,16H,7-8H2,1-6H3. The Balaban J connectivity index is 2.21. The van der Waals surface area contributed by atoms with Gasteiger partial charge in [0.25, 0.3) is 0 Å². The maximum Gasteiger partial charge on any atom is 0.148 e. The van der Waals surface area contributed by atoms with Crippen LogP contribution in [0.5, 0.6) is 0 Å². The van der Waals surface area contributed by atoms with E-state index in [1.54, 1.807) is 6.33 Å². The molecule has 6 heteroatoms. The van der Waals surface area contributed by atoms with Crippen molar-refractivity contribution in [3.05, 3.63) is 29.1 Å². The Bertz CT molecular complexity index is 593. The molecule has 0 saturated heterocycles. The average molecular weight is 290 g/mol. The van der Waals surface area contributed by atoms with E-state index in [4.69, 9.17) is 0 Å². The van der Waals surface area contributed by atoms with Crippen LogP contribution in [0.25, 0.3) is 0 Å².